The second-order valence-corrected chi connectivity index (χ2v) is 4.86. The normalized spacial score (nSPS) is 15.2. The maximum Gasteiger partial charge on any atom is 0.0371 e. The lowest BCUT2D eigenvalue weighted by atomic mass is 10.2. The van der Waals surface area contributed by atoms with Gasteiger partial charge in [-0.2, -0.15) is 0 Å². The largest absolute Gasteiger partial charge is 0.399 e. The zero-order chi connectivity index (χ0) is 12.3. The standard InChI is InChI=1S/C14H23N3/c1-3-17(13-5-6-13)9-8-16-14-7-4-12(15)10-11(14)2/h4,7,10,13,16H,3,5-6,8-9,15H2,1-2H3. The summed E-state index contributed by atoms with van der Waals surface area (Å²) >= 11 is 0. The molecule has 0 bridgehead atoms. The highest BCUT2D eigenvalue weighted by molar-refractivity contribution is 5.57. The van der Waals surface area contributed by atoms with Gasteiger partial charge < -0.3 is 11.1 Å². The van der Waals surface area contributed by atoms with Crippen LogP contribution in [0.5, 0.6) is 0 Å². The van der Waals surface area contributed by atoms with Crippen LogP contribution < -0.4 is 11.1 Å². The van der Waals surface area contributed by atoms with Gasteiger partial charge in [0.25, 0.3) is 0 Å². The van der Waals surface area contributed by atoms with Crippen molar-refractivity contribution in [3.63, 3.8) is 0 Å². The Morgan fingerprint density at radius 2 is 2.18 bits per heavy atom. The molecule has 94 valence electrons. The molecule has 0 amide bonds. The molecule has 1 aromatic carbocycles. The molecule has 0 aliphatic heterocycles. The first-order chi connectivity index (χ1) is 8.20. The molecular weight excluding hydrogens is 210 g/mol. The van der Waals surface area contributed by atoms with Gasteiger partial charge in [-0.25, -0.2) is 0 Å². The number of rotatable bonds is 6. The fourth-order valence-electron chi connectivity index (χ4n) is 2.26. The monoisotopic (exact) mass is 233 g/mol. The van der Waals surface area contributed by atoms with E-state index in [1.807, 2.05) is 12.1 Å². The average molecular weight is 233 g/mol. The van der Waals surface area contributed by atoms with E-state index in [1.54, 1.807) is 0 Å². The highest BCUT2D eigenvalue weighted by atomic mass is 15.2. The Labute approximate surface area is 104 Å². The minimum absolute atomic E-state index is 0.834. The van der Waals surface area contributed by atoms with Crippen LogP contribution in [0.1, 0.15) is 25.3 Å². The molecule has 1 aromatic rings. The van der Waals surface area contributed by atoms with Crippen molar-refractivity contribution in [3.8, 4) is 0 Å². The zero-order valence-corrected chi connectivity index (χ0v) is 10.9. The van der Waals surface area contributed by atoms with E-state index in [-0.39, 0.29) is 0 Å². The summed E-state index contributed by atoms with van der Waals surface area (Å²) in [6.07, 6.45) is 2.77. The number of hydrogen-bond acceptors (Lipinski definition) is 3. The van der Waals surface area contributed by atoms with Crippen LogP contribution in [0.3, 0.4) is 0 Å². The quantitative estimate of drug-likeness (QED) is 0.742. The van der Waals surface area contributed by atoms with Crippen molar-refractivity contribution in [2.24, 2.45) is 0 Å². The van der Waals surface area contributed by atoms with Crippen LogP contribution in [0.25, 0.3) is 0 Å². The maximum atomic E-state index is 5.74. The summed E-state index contributed by atoms with van der Waals surface area (Å²) in [4.78, 5) is 2.56. The Morgan fingerprint density at radius 1 is 1.41 bits per heavy atom. The van der Waals surface area contributed by atoms with Crippen molar-refractivity contribution < 1.29 is 0 Å². The molecule has 0 saturated heterocycles. The smallest absolute Gasteiger partial charge is 0.0371 e. The van der Waals surface area contributed by atoms with Crippen molar-refractivity contribution in [1.82, 2.24) is 4.90 Å². The predicted octanol–water partition coefficient (Wildman–Crippen LogP) is 2.47. The Kier molecular flexibility index (Phi) is 3.89. The van der Waals surface area contributed by atoms with Crippen molar-refractivity contribution in [2.45, 2.75) is 32.7 Å². The third-order valence-electron chi connectivity index (χ3n) is 3.43. The zero-order valence-electron chi connectivity index (χ0n) is 10.9. The maximum absolute atomic E-state index is 5.74. The number of nitrogens with zero attached hydrogens (tertiary/aromatic N) is 1. The van der Waals surface area contributed by atoms with Gasteiger partial charge >= 0.3 is 0 Å². The number of hydrogen-bond donors (Lipinski definition) is 2. The predicted molar refractivity (Wildman–Crippen MR) is 74.4 cm³/mol. The SMILES string of the molecule is CCN(CCNc1ccc(N)cc1C)C1CC1. The molecular formula is C14H23N3. The molecule has 0 spiro atoms. The third kappa shape index (κ3) is 3.37. The highest BCUT2D eigenvalue weighted by Gasteiger charge is 2.26. The number of nitrogens with two attached hydrogens (primary N) is 1. The average Bonchev–Trinajstić information content (AvgIpc) is 3.11. The van der Waals surface area contributed by atoms with Crippen LogP contribution in [0.15, 0.2) is 18.2 Å². The van der Waals surface area contributed by atoms with E-state index in [0.717, 1.165) is 31.4 Å². The summed E-state index contributed by atoms with van der Waals surface area (Å²) in [6.45, 7) is 7.64. The molecule has 3 heteroatoms. The number of likely N-dealkylation sites (N-methyl/N-ethyl adjacent to an activating group) is 1. The van der Waals surface area contributed by atoms with Gasteiger partial charge in [-0.15, -0.1) is 0 Å². The molecule has 0 atom stereocenters. The van der Waals surface area contributed by atoms with Gasteiger partial charge in [0.05, 0.1) is 0 Å². The topological polar surface area (TPSA) is 41.3 Å². The van der Waals surface area contributed by atoms with Crippen LogP contribution in [-0.4, -0.2) is 30.6 Å². The van der Waals surface area contributed by atoms with Crippen molar-refractivity contribution in [1.29, 1.82) is 0 Å². The second-order valence-electron chi connectivity index (χ2n) is 4.86. The summed E-state index contributed by atoms with van der Waals surface area (Å²) < 4.78 is 0. The van der Waals surface area contributed by atoms with Crippen molar-refractivity contribution in [3.05, 3.63) is 23.8 Å². The van der Waals surface area contributed by atoms with Gasteiger partial charge in [-0.3, -0.25) is 4.90 Å². The lowest BCUT2D eigenvalue weighted by Crippen LogP contribution is -2.30. The number of anilines is 2. The van der Waals surface area contributed by atoms with Crippen LogP contribution >= 0.6 is 0 Å². The molecule has 1 saturated carbocycles. The van der Waals surface area contributed by atoms with Crippen molar-refractivity contribution >= 4 is 11.4 Å². The Bertz CT molecular complexity index is 372. The van der Waals surface area contributed by atoms with Gasteiger partial charge in [-0.1, -0.05) is 6.92 Å². The summed E-state index contributed by atoms with van der Waals surface area (Å²) in [6, 6.07) is 6.89. The van der Waals surface area contributed by atoms with E-state index in [1.165, 1.54) is 24.1 Å². The van der Waals surface area contributed by atoms with E-state index >= 15 is 0 Å². The fraction of sp³-hybridized carbons (Fsp3) is 0.571. The third-order valence-corrected chi connectivity index (χ3v) is 3.43. The Hall–Kier alpha value is -1.22. The molecule has 2 rings (SSSR count). The minimum Gasteiger partial charge on any atom is -0.399 e. The highest BCUT2D eigenvalue weighted by Crippen LogP contribution is 2.26. The van der Waals surface area contributed by atoms with E-state index in [0.29, 0.717) is 0 Å². The molecule has 3 nitrogen and oxygen atoms in total. The van der Waals surface area contributed by atoms with Gasteiger partial charge in [0.2, 0.25) is 0 Å². The summed E-state index contributed by atoms with van der Waals surface area (Å²) in [5.41, 5.74) is 8.99. The lowest BCUT2D eigenvalue weighted by Gasteiger charge is -2.20. The number of nitrogens with one attached hydrogen (secondary N) is 1. The fourth-order valence-corrected chi connectivity index (χ4v) is 2.26. The molecule has 1 aliphatic rings. The molecule has 0 unspecified atom stereocenters. The summed E-state index contributed by atoms with van der Waals surface area (Å²) in [5, 5.41) is 3.49. The minimum atomic E-state index is 0.834. The first-order valence-corrected chi connectivity index (χ1v) is 6.54. The number of benzene rings is 1. The Balaban J connectivity index is 1.80. The molecule has 17 heavy (non-hydrogen) atoms. The second kappa shape index (κ2) is 5.41. The summed E-state index contributed by atoms with van der Waals surface area (Å²) in [5.74, 6) is 0. The van der Waals surface area contributed by atoms with Gasteiger partial charge in [0.15, 0.2) is 0 Å². The Morgan fingerprint density at radius 3 is 2.76 bits per heavy atom. The van der Waals surface area contributed by atoms with Crippen molar-refractivity contribution in [2.75, 3.05) is 30.7 Å². The van der Waals surface area contributed by atoms with Gasteiger partial charge in [0.1, 0.15) is 0 Å². The lowest BCUT2D eigenvalue weighted by molar-refractivity contribution is 0.289. The number of nitrogen functional groups attached to an aromatic ring is 1. The molecule has 1 aliphatic carbocycles. The van der Waals surface area contributed by atoms with E-state index in [4.69, 9.17) is 5.73 Å². The molecule has 0 radical (unpaired) electrons. The first kappa shape index (κ1) is 12.2. The van der Waals surface area contributed by atoms with E-state index in [9.17, 15) is 0 Å². The van der Waals surface area contributed by atoms with Crippen LogP contribution in [-0.2, 0) is 0 Å². The summed E-state index contributed by atoms with van der Waals surface area (Å²) in [7, 11) is 0. The molecule has 3 N–H and O–H groups in total. The molecule has 0 heterocycles. The van der Waals surface area contributed by atoms with Crippen LogP contribution in [0.2, 0.25) is 0 Å². The van der Waals surface area contributed by atoms with Gasteiger partial charge in [0, 0.05) is 30.5 Å². The van der Waals surface area contributed by atoms with E-state index in [2.05, 4.69) is 30.1 Å². The number of aryl methyl sites for hydroxylation is 1. The van der Waals surface area contributed by atoms with Crippen LogP contribution in [0, 0.1) is 6.92 Å². The van der Waals surface area contributed by atoms with E-state index < -0.39 is 0 Å². The molecule has 0 aromatic heterocycles. The molecule has 1 fully saturated rings. The van der Waals surface area contributed by atoms with Gasteiger partial charge in [-0.05, 0) is 50.1 Å². The first-order valence-electron chi connectivity index (χ1n) is 6.54. The van der Waals surface area contributed by atoms with Crippen LogP contribution in [0.4, 0.5) is 11.4 Å².